The molecule has 1 aromatic rings. The van der Waals surface area contributed by atoms with Gasteiger partial charge in [-0.05, 0) is 28.4 Å². The van der Waals surface area contributed by atoms with E-state index in [4.69, 9.17) is 0 Å². The van der Waals surface area contributed by atoms with E-state index in [1.165, 1.54) is 11.3 Å². The van der Waals surface area contributed by atoms with Gasteiger partial charge in [0.05, 0.1) is 21.5 Å². The first kappa shape index (κ1) is 15.5. The molecule has 0 N–H and O–H groups in total. The Hall–Kier alpha value is -0.900. The van der Waals surface area contributed by atoms with Crippen LogP contribution in [0.2, 0.25) is 0 Å². The summed E-state index contributed by atoms with van der Waals surface area (Å²) in [5.74, 6) is 0.0931. The zero-order valence-corrected chi connectivity index (χ0v) is 13.9. The maximum absolute atomic E-state index is 12.3. The monoisotopic (exact) mass is 355 g/mol. The van der Waals surface area contributed by atoms with Gasteiger partial charge in [0.25, 0.3) is 5.91 Å². The van der Waals surface area contributed by atoms with Crippen molar-refractivity contribution in [2.24, 2.45) is 0 Å². The molecule has 0 radical (unpaired) electrons. The number of carbonyl (C=O) groups excluding carboxylic acids is 1. The van der Waals surface area contributed by atoms with Gasteiger partial charge >= 0.3 is 0 Å². The molecule has 1 fully saturated rings. The highest BCUT2D eigenvalue weighted by Gasteiger charge is 2.26. The molecule has 0 aromatic carbocycles. The van der Waals surface area contributed by atoms with Gasteiger partial charge in [0.1, 0.15) is 0 Å². The lowest BCUT2D eigenvalue weighted by atomic mass is 10.1. The zero-order chi connectivity index (χ0) is 14.5. The van der Waals surface area contributed by atoms with Crippen LogP contribution in [0.1, 0.15) is 30.1 Å². The van der Waals surface area contributed by atoms with E-state index in [1.54, 1.807) is 0 Å². The van der Waals surface area contributed by atoms with Crippen molar-refractivity contribution in [2.75, 3.05) is 26.2 Å². The number of nitrogens with zero attached hydrogens (tertiary/aromatic N) is 3. The molecule has 1 atom stereocenters. The van der Waals surface area contributed by atoms with Gasteiger partial charge in [0, 0.05) is 31.6 Å². The van der Waals surface area contributed by atoms with Gasteiger partial charge in [-0.1, -0.05) is 13.3 Å². The van der Waals surface area contributed by atoms with Crippen LogP contribution in [0.3, 0.4) is 0 Å². The summed E-state index contributed by atoms with van der Waals surface area (Å²) in [6, 6.07) is 4.23. The molecule has 20 heavy (non-hydrogen) atoms. The third-order valence-corrected chi connectivity index (χ3v) is 5.07. The zero-order valence-electron chi connectivity index (χ0n) is 11.5. The van der Waals surface area contributed by atoms with Crippen molar-refractivity contribution in [3.05, 3.63) is 20.8 Å². The maximum atomic E-state index is 12.3. The molecule has 2 rings (SSSR count). The second kappa shape index (κ2) is 7.21. The summed E-state index contributed by atoms with van der Waals surface area (Å²) in [6.07, 6.45) is 1.92. The van der Waals surface area contributed by atoms with Crippen molar-refractivity contribution in [3.63, 3.8) is 0 Å². The Kier molecular flexibility index (Phi) is 5.58. The highest BCUT2D eigenvalue weighted by Crippen LogP contribution is 2.22. The van der Waals surface area contributed by atoms with Crippen LogP contribution >= 0.6 is 27.3 Å². The van der Waals surface area contributed by atoms with E-state index in [1.807, 2.05) is 16.3 Å². The van der Waals surface area contributed by atoms with Crippen molar-refractivity contribution in [1.29, 1.82) is 5.26 Å². The van der Waals surface area contributed by atoms with Crippen LogP contribution in [-0.4, -0.2) is 47.9 Å². The fourth-order valence-corrected chi connectivity index (χ4v) is 3.57. The van der Waals surface area contributed by atoms with E-state index in [0.717, 1.165) is 35.3 Å². The number of hydrogen-bond donors (Lipinski definition) is 0. The van der Waals surface area contributed by atoms with Crippen molar-refractivity contribution in [1.82, 2.24) is 9.80 Å². The van der Waals surface area contributed by atoms with Crippen molar-refractivity contribution >= 4 is 33.2 Å². The van der Waals surface area contributed by atoms with Gasteiger partial charge in [0.15, 0.2) is 0 Å². The molecule has 1 aliphatic heterocycles. The Labute approximate surface area is 132 Å². The van der Waals surface area contributed by atoms with Crippen LogP contribution in [0.5, 0.6) is 0 Å². The van der Waals surface area contributed by atoms with Crippen molar-refractivity contribution in [3.8, 4) is 6.07 Å². The standard InChI is InChI=1S/C14H18BrN3OS/c1-2-3-12(9-16)17-4-6-18(7-5-17)14(19)11-8-13(15)20-10-11/h8,10,12H,2-7H2,1H3. The van der Waals surface area contributed by atoms with Gasteiger partial charge in [0.2, 0.25) is 0 Å². The molecule has 108 valence electrons. The van der Waals surface area contributed by atoms with E-state index >= 15 is 0 Å². The van der Waals surface area contributed by atoms with Gasteiger partial charge in [-0.3, -0.25) is 9.69 Å². The minimum absolute atomic E-state index is 0.00690. The molecule has 1 aliphatic rings. The number of hydrogen-bond acceptors (Lipinski definition) is 4. The summed E-state index contributed by atoms with van der Waals surface area (Å²) in [7, 11) is 0. The number of nitriles is 1. The van der Waals surface area contributed by atoms with Gasteiger partial charge in [-0.2, -0.15) is 5.26 Å². The van der Waals surface area contributed by atoms with Gasteiger partial charge < -0.3 is 4.90 Å². The quantitative estimate of drug-likeness (QED) is 0.833. The van der Waals surface area contributed by atoms with E-state index in [0.29, 0.717) is 13.1 Å². The molecular formula is C14H18BrN3OS. The molecule has 1 unspecified atom stereocenters. The number of thiophene rings is 1. The molecule has 6 heteroatoms. The Morgan fingerprint density at radius 2 is 2.20 bits per heavy atom. The molecule has 4 nitrogen and oxygen atoms in total. The van der Waals surface area contributed by atoms with Crippen LogP contribution < -0.4 is 0 Å². The predicted octanol–water partition coefficient (Wildman–Crippen LogP) is 2.96. The average Bonchev–Trinajstić information content (AvgIpc) is 2.91. The summed E-state index contributed by atoms with van der Waals surface area (Å²) in [5, 5.41) is 11.1. The minimum atomic E-state index is -0.00690. The van der Waals surface area contributed by atoms with Crippen molar-refractivity contribution < 1.29 is 4.79 Å². The Bertz CT molecular complexity index is 503. The third kappa shape index (κ3) is 3.60. The summed E-state index contributed by atoms with van der Waals surface area (Å²) in [6.45, 7) is 5.07. The second-order valence-electron chi connectivity index (χ2n) is 4.90. The van der Waals surface area contributed by atoms with Crippen LogP contribution in [0.15, 0.2) is 15.2 Å². The lowest BCUT2D eigenvalue weighted by molar-refractivity contribution is 0.0601. The first-order chi connectivity index (χ1) is 9.65. The Balaban J connectivity index is 1.91. The summed E-state index contributed by atoms with van der Waals surface area (Å²) < 4.78 is 0.979. The molecule has 1 saturated heterocycles. The van der Waals surface area contributed by atoms with Gasteiger partial charge in [-0.15, -0.1) is 11.3 Å². The van der Waals surface area contributed by atoms with Crippen LogP contribution in [0.25, 0.3) is 0 Å². The topological polar surface area (TPSA) is 47.3 Å². The molecule has 1 aromatic heterocycles. The highest BCUT2D eigenvalue weighted by atomic mass is 79.9. The molecule has 0 aliphatic carbocycles. The largest absolute Gasteiger partial charge is 0.336 e. The second-order valence-corrected chi connectivity index (χ2v) is 7.19. The highest BCUT2D eigenvalue weighted by molar-refractivity contribution is 9.11. The average molecular weight is 356 g/mol. The van der Waals surface area contributed by atoms with E-state index in [-0.39, 0.29) is 11.9 Å². The number of halogens is 1. The Morgan fingerprint density at radius 3 is 2.70 bits per heavy atom. The van der Waals surface area contributed by atoms with Crippen LogP contribution in [0.4, 0.5) is 0 Å². The van der Waals surface area contributed by atoms with E-state index in [9.17, 15) is 10.1 Å². The number of carbonyl (C=O) groups is 1. The van der Waals surface area contributed by atoms with E-state index in [2.05, 4.69) is 33.8 Å². The maximum Gasteiger partial charge on any atom is 0.254 e. The molecule has 0 saturated carbocycles. The molecule has 0 bridgehead atoms. The molecule has 1 amide bonds. The normalized spacial score (nSPS) is 17.8. The summed E-state index contributed by atoms with van der Waals surface area (Å²) in [5.41, 5.74) is 0.751. The summed E-state index contributed by atoms with van der Waals surface area (Å²) in [4.78, 5) is 16.4. The SMILES string of the molecule is CCCC(C#N)N1CCN(C(=O)c2csc(Br)c2)CC1. The smallest absolute Gasteiger partial charge is 0.254 e. The fraction of sp³-hybridized carbons (Fsp3) is 0.571. The predicted molar refractivity (Wildman–Crippen MR) is 83.8 cm³/mol. The third-order valence-electron chi connectivity index (χ3n) is 3.57. The first-order valence-electron chi connectivity index (χ1n) is 6.82. The van der Waals surface area contributed by atoms with E-state index < -0.39 is 0 Å². The van der Waals surface area contributed by atoms with Crippen molar-refractivity contribution in [2.45, 2.75) is 25.8 Å². The Morgan fingerprint density at radius 1 is 1.50 bits per heavy atom. The molecular weight excluding hydrogens is 338 g/mol. The fourth-order valence-electron chi connectivity index (χ4n) is 2.44. The number of piperazine rings is 1. The van der Waals surface area contributed by atoms with Gasteiger partial charge in [-0.25, -0.2) is 0 Å². The van der Waals surface area contributed by atoms with Crippen LogP contribution in [-0.2, 0) is 0 Å². The number of amides is 1. The molecule has 2 heterocycles. The molecule has 0 spiro atoms. The number of rotatable bonds is 4. The summed E-state index contributed by atoms with van der Waals surface area (Å²) >= 11 is 4.91. The van der Waals surface area contributed by atoms with Crippen LogP contribution in [0, 0.1) is 11.3 Å². The lowest BCUT2D eigenvalue weighted by Crippen LogP contribution is -2.51. The minimum Gasteiger partial charge on any atom is -0.336 e. The first-order valence-corrected chi connectivity index (χ1v) is 8.50. The lowest BCUT2D eigenvalue weighted by Gasteiger charge is -2.36.